The van der Waals surface area contributed by atoms with Gasteiger partial charge < -0.3 is 10.4 Å². The lowest BCUT2D eigenvalue weighted by Crippen LogP contribution is -2.13. The number of hydrogen-bond donors (Lipinski definition) is 2. The Kier molecular flexibility index (Phi) is 3.78. The highest BCUT2D eigenvalue weighted by molar-refractivity contribution is 9.10. The maximum absolute atomic E-state index is 11.9. The average molecular weight is 326 g/mol. The summed E-state index contributed by atoms with van der Waals surface area (Å²) in [5.41, 5.74) is 0.782. The molecule has 2 N–H and O–H groups in total. The Bertz CT molecular complexity index is 609. The summed E-state index contributed by atoms with van der Waals surface area (Å²) in [5, 5.41) is 13.1. The van der Waals surface area contributed by atoms with E-state index < -0.39 is 5.97 Å². The Morgan fingerprint density at radius 2 is 2.06 bits per heavy atom. The molecule has 6 heteroatoms. The Balaban J connectivity index is 2.21. The fourth-order valence-electron chi connectivity index (χ4n) is 1.40. The van der Waals surface area contributed by atoms with Gasteiger partial charge in [0, 0.05) is 10.0 Å². The SMILES string of the molecule is O=C(Nc1ccsc1C(=O)O)c1cccc(Br)c1. The largest absolute Gasteiger partial charge is 0.477 e. The zero-order valence-electron chi connectivity index (χ0n) is 9.01. The number of carboxylic acids is 1. The predicted molar refractivity (Wildman–Crippen MR) is 73.4 cm³/mol. The number of carbonyl (C=O) groups excluding carboxylic acids is 1. The van der Waals surface area contributed by atoms with Gasteiger partial charge in [-0.2, -0.15) is 0 Å². The number of amides is 1. The van der Waals surface area contributed by atoms with Crippen molar-refractivity contribution in [3.8, 4) is 0 Å². The minimum atomic E-state index is -1.05. The van der Waals surface area contributed by atoms with Crippen molar-refractivity contribution in [2.45, 2.75) is 0 Å². The van der Waals surface area contributed by atoms with Crippen LogP contribution in [0, 0.1) is 0 Å². The molecule has 0 spiro atoms. The van der Waals surface area contributed by atoms with Crippen molar-refractivity contribution in [1.29, 1.82) is 0 Å². The van der Waals surface area contributed by atoms with Gasteiger partial charge in [-0.15, -0.1) is 11.3 Å². The van der Waals surface area contributed by atoms with E-state index in [9.17, 15) is 9.59 Å². The van der Waals surface area contributed by atoms with Crippen molar-refractivity contribution in [3.05, 3.63) is 50.6 Å². The lowest BCUT2D eigenvalue weighted by molar-refractivity contribution is 0.0703. The van der Waals surface area contributed by atoms with E-state index in [-0.39, 0.29) is 10.8 Å². The molecule has 1 aromatic heterocycles. The van der Waals surface area contributed by atoms with Gasteiger partial charge in [0.25, 0.3) is 5.91 Å². The minimum Gasteiger partial charge on any atom is -0.477 e. The van der Waals surface area contributed by atoms with Crippen LogP contribution in [0.3, 0.4) is 0 Å². The number of rotatable bonds is 3. The van der Waals surface area contributed by atoms with Gasteiger partial charge in [0.2, 0.25) is 0 Å². The van der Waals surface area contributed by atoms with Gasteiger partial charge in [0.05, 0.1) is 5.69 Å². The molecule has 0 radical (unpaired) electrons. The number of hydrogen-bond acceptors (Lipinski definition) is 3. The second-order valence-corrected chi connectivity index (χ2v) is 5.26. The fourth-order valence-corrected chi connectivity index (χ4v) is 2.48. The van der Waals surface area contributed by atoms with Gasteiger partial charge in [0.1, 0.15) is 4.88 Å². The smallest absolute Gasteiger partial charge is 0.348 e. The zero-order valence-corrected chi connectivity index (χ0v) is 11.4. The number of nitrogens with one attached hydrogen (secondary N) is 1. The van der Waals surface area contributed by atoms with E-state index in [0.717, 1.165) is 15.8 Å². The number of halogens is 1. The molecule has 2 aromatic rings. The van der Waals surface area contributed by atoms with Crippen LogP contribution in [-0.4, -0.2) is 17.0 Å². The summed E-state index contributed by atoms with van der Waals surface area (Å²) >= 11 is 4.35. The lowest BCUT2D eigenvalue weighted by Gasteiger charge is -2.04. The van der Waals surface area contributed by atoms with Crippen molar-refractivity contribution >= 4 is 44.8 Å². The number of carbonyl (C=O) groups is 2. The molecule has 0 unspecified atom stereocenters. The predicted octanol–water partition coefficient (Wildman–Crippen LogP) is 3.46. The fraction of sp³-hybridized carbons (Fsp3) is 0. The van der Waals surface area contributed by atoms with E-state index in [4.69, 9.17) is 5.11 Å². The average Bonchev–Trinajstić information content (AvgIpc) is 2.77. The van der Waals surface area contributed by atoms with E-state index in [2.05, 4.69) is 21.2 Å². The first-order valence-electron chi connectivity index (χ1n) is 4.95. The van der Waals surface area contributed by atoms with Gasteiger partial charge in [-0.3, -0.25) is 4.79 Å². The molecule has 1 amide bonds. The van der Waals surface area contributed by atoms with E-state index in [1.54, 1.807) is 29.6 Å². The number of aromatic carboxylic acids is 1. The van der Waals surface area contributed by atoms with Gasteiger partial charge in [-0.1, -0.05) is 22.0 Å². The van der Waals surface area contributed by atoms with Crippen LogP contribution < -0.4 is 5.32 Å². The summed E-state index contributed by atoms with van der Waals surface area (Å²) in [6.07, 6.45) is 0. The van der Waals surface area contributed by atoms with Crippen LogP contribution in [0.1, 0.15) is 20.0 Å². The molecular formula is C12H8BrNO3S. The van der Waals surface area contributed by atoms with Crippen LogP contribution in [0.15, 0.2) is 40.2 Å². The second-order valence-electron chi connectivity index (χ2n) is 3.43. The first-order valence-corrected chi connectivity index (χ1v) is 6.63. The van der Waals surface area contributed by atoms with Crippen molar-refractivity contribution in [3.63, 3.8) is 0 Å². The van der Waals surface area contributed by atoms with Crippen LogP contribution >= 0.6 is 27.3 Å². The summed E-state index contributed by atoms with van der Waals surface area (Å²) in [6, 6.07) is 8.45. The van der Waals surface area contributed by atoms with Gasteiger partial charge in [-0.25, -0.2) is 4.79 Å². The van der Waals surface area contributed by atoms with E-state index in [1.807, 2.05) is 6.07 Å². The van der Waals surface area contributed by atoms with Crippen LogP contribution in [0.25, 0.3) is 0 Å². The molecule has 0 saturated heterocycles. The van der Waals surface area contributed by atoms with Crippen LogP contribution in [0.5, 0.6) is 0 Å². The summed E-state index contributed by atoms with van der Waals surface area (Å²) < 4.78 is 0.791. The molecule has 1 aromatic carbocycles. The molecule has 1 heterocycles. The van der Waals surface area contributed by atoms with Gasteiger partial charge in [0.15, 0.2) is 0 Å². The van der Waals surface area contributed by atoms with Crippen molar-refractivity contribution in [2.24, 2.45) is 0 Å². The molecule has 4 nitrogen and oxygen atoms in total. The molecule has 0 aliphatic carbocycles. The number of thiophene rings is 1. The molecule has 2 rings (SSSR count). The summed E-state index contributed by atoms with van der Waals surface area (Å²) in [5.74, 6) is -1.38. The summed E-state index contributed by atoms with van der Waals surface area (Å²) in [4.78, 5) is 22.9. The van der Waals surface area contributed by atoms with Gasteiger partial charge in [-0.05, 0) is 29.6 Å². The van der Waals surface area contributed by atoms with E-state index >= 15 is 0 Å². The molecule has 0 saturated carbocycles. The monoisotopic (exact) mass is 325 g/mol. The van der Waals surface area contributed by atoms with Crippen LogP contribution in [0.4, 0.5) is 5.69 Å². The molecule has 0 aliphatic heterocycles. The van der Waals surface area contributed by atoms with Crippen LogP contribution in [0.2, 0.25) is 0 Å². The summed E-state index contributed by atoms with van der Waals surface area (Å²) in [6.45, 7) is 0. The third-order valence-corrected chi connectivity index (χ3v) is 3.59. The number of carboxylic acid groups (broad SMARTS) is 1. The molecule has 92 valence electrons. The molecule has 18 heavy (non-hydrogen) atoms. The molecular weight excluding hydrogens is 318 g/mol. The first kappa shape index (κ1) is 12.8. The maximum atomic E-state index is 11.9. The van der Waals surface area contributed by atoms with Crippen molar-refractivity contribution in [1.82, 2.24) is 0 Å². The Labute approximate surface area is 115 Å². The standard InChI is InChI=1S/C12H8BrNO3S/c13-8-3-1-2-7(6-8)11(15)14-9-4-5-18-10(9)12(16)17/h1-6H,(H,14,15)(H,16,17). The Morgan fingerprint density at radius 3 is 2.72 bits per heavy atom. The third-order valence-electron chi connectivity index (χ3n) is 2.19. The maximum Gasteiger partial charge on any atom is 0.348 e. The van der Waals surface area contributed by atoms with Crippen molar-refractivity contribution < 1.29 is 14.7 Å². The summed E-state index contributed by atoms with van der Waals surface area (Å²) in [7, 11) is 0. The molecule has 0 aliphatic rings. The van der Waals surface area contributed by atoms with E-state index in [1.165, 1.54) is 0 Å². The number of anilines is 1. The Hall–Kier alpha value is -1.66. The van der Waals surface area contributed by atoms with Gasteiger partial charge >= 0.3 is 5.97 Å². The molecule has 0 fully saturated rings. The molecule has 0 atom stereocenters. The van der Waals surface area contributed by atoms with Crippen molar-refractivity contribution in [2.75, 3.05) is 5.32 Å². The third kappa shape index (κ3) is 2.77. The topological polar surface area (TPSA) is 66.4 Å². The van der Waals surface area contributed by atoms with Crippen LogP contribution in [-0.2, 0) is 0 Å². The van der Waals surface area contributed by atoms with E-state index in [0.29, 0.717) is 11.3 Å². The number of benzene rings is 1. The quantitative estimate of drug-likeness (QED) is 0.908. The lowest BCUT2D eigenvalue weighted by atomic mass is 10.2. The highest BCUT2D eigenvalue weighted by atomic mass is 79.9. The minimum absolute atomic E-state index is 0.123. The highest BCUT2D eigenvalue weighted by Crippen LogP contribution is 2.23. The zero-order chi connectivity index (χ0) is 13.1. The second kappa shape index (κ2) is 5.32. The Morgan fingerprint density at radius 1 is 1.28 bits per heavy atom. The first-order chi connectivity index (χ1) is 8.58. The normalized spacial score (nSPS) is 10.1. The highest BCUT2D eigenvalue weighted by Gasteiger charge is 2.14. The molecule has 0 bridgehead atoms.